The van der Waals surface area contributed by atoms with E-state index in [9.17, 15) is 8.42 Å². The number of benzene rings is 1. The zero-order chi connectivity index (χ0) is 14.0. The Morgan fingerprint density at radius 2 is 2.21 bits per heavy atom. The summed E-state index contributed by atoms with van der Waals surface area (Å²) in [5, 5.41) is 13.4. The average Bonchev–Trinajstić information content (AvgIpc) is 2.85. The van der Waals surface area contributed by atoms with Gasteiger partial charge in [-0.1, -0.05) is 12.1 Å². The Morgan fingerprint density at radius 1 is 1.47 bits per heavy atom. The molecule has 2 rings (SSSR count). The Kier molecular flexibility index (Phi) is 3.26. The first-order chi connectivity index (χ1) is 8.90. The van der Waals surface area contributed by atoms with E-state index >= 15 is 0 Å². The standard InChI is InChI=1S/C11H13N5O2S/c1-7-2-3-8(11(12)13)4-10(7)16-19(17,18)9-5-14-15-6-9/h2-6,16H,1H3,(H3,12,13)(H,14,15). The highest BCUT2D eigenvalue weighted by Crippen LogP contribution is 2.20. The van der Waals surface area contributed by atoms with Gasteiger partial charge in [-0.15, -0.1) is 0 Å². The Morgan fingerprint density at radius 3 is 2.79 bits per heavy atom. The second-order valence-electron chi connectivity index (χ2n) is 3.98. The normalized spacial score (nSPS) is 11.2. The number of rotatable bonds is 4. The molecule has 8 heteroatoms. The number of nitrogen functional groups attached to an aromatic ring is 1. The molecule has 0 amide bonds. The maximum absolute atomic E-state index is 12.0. The smallest absolute Gasteiger partial charge is 0.265 e. The Bertz CT molecular complexity index is 707. The Labute approximate surface area is 110 Å². The molecule has 0 aliphatic carbocycles. The molecule has 1 aromatic carbocycles. The minimum atomic E-state index is -3.69. The summed E-state index contributed by atoms with van der Waals surface area (Å²) in [4.78, 5) is 0.0418. The third-order valence-corrected chi connectivity index (χ3v) is 3.91. The van der Waals surface area contributed by atoms with Crippen molar-refractivity contribution in [1.29, 1.82) is 5.41 Å². The van der Waals surface area contributed by atoms with Crippen LogP contribution in [0.3, 0.4) is 0 Å². The predicted molar refractivity (Wildman–Crippen MR) is 71.6 cm³/mol. The van der Waals surface area contributed by atoms with Crippen molar-refractivity contribution in [3.63, 3.8) is 0 Å². The fourth-order valence-electron chi connectivity index (χ4n) is 1.49. The summed E-state index contributed by atoms with van der Waals surface area (Å²) in [7, 11) is -3.69. The number of H-pyrrole nitrogens is 1. The van der Waals surface area contributed by atoms with Crippen LogP contribution in [0.4, 0.5) is 5.69 Å². The van der Waals surface area contributed by atoms with E-state index in [4.69, 9.17) is 11.1 Å². The zero-order valence-electron chi connectivity index (χ0n) is 10.1. The van der Waals surface area contributed by atoms with Crippen LogP contribution in [0, 0.1) is 12.3 Å². The number of aromatic nitrogens is 2. The summed E-state index contributed by atoms with van der Waals surface area (Å²) >= 11 is 0. The quantitative estimate of drug-likeness (QED) is 0.488. The summed E-state index contributed by atoms with van der Waals surface area (Å²) in [5.41, 5.74) is 6.95. The number of amidine groups is 1. The molecule has 0 aliphatic rings. The van der Waals surface area contributed by atoms with Crippen LogP contribution < -0.4 is 10.5 Å². The van der Waals surface area contributed by atoms with E-state index in [0.29, 0.717) is 11.3 Å². The van der Waals surface area contributed by atoms with Crippen molar-refractivity contribution in [2.45, 2.75) is 11.8 Å². The summed E-state index contributed by atoms with van der Waals surface area (Å²) < 4.78 is 26.5. The number of nitrogens with zero attached hydrogens (tertiary/aromatic N) is 1. The van der Waals surface area contributed by atoms with Gasteiger partial charge in [0.1, 0.15) is 10.7 Å². The van der Waals surface area contributed by atoms with Crippen LogP contribution in [0.1, 0.15) is 11.1 Å². The lowest BCUT2D eigenvalue weighted by Gasteiger charge is -2.10. The lowest BCUT2D eigenvalue weighted by molar-refractivity contribution is 0.601. The molecule has 0 fully saturated rings. The maximum Gasteiger partial charge on any atom is 0.265 e. The van der Waals surface area contributed by atoms with Gasteiger partial charge >= 0.3 is 0 Å². The Balaban J connectivity index is 2.39. The van der Waals surface area contributed by atoms with Crippen LogP contribution in [-0.4, -0.2) is 24.5 Å². The molecule has 0 saturated carbocycles. The van der Waals surface area contributed by atoms with Crippen LogP contribution >= 0.6 is 0 Å². The molecular weight excluding hydrogens is 266 g/mol. The van der Waals surface area contributed by atoms with E-state index in [-0.39, 0.29) is 10.7 Å². The minimum absolute atomic E-state index is 0.0418. The van der Waals surface area contributed by atoms with Crippen molar-refractivity contribution in [2.75, 3.05) is 4.72 Å². The number of aromatic amines is 1. The first kappa shape index (κ1) is 13.1. The predicted octanol–water partition coefficient (Wildman–Crippen LogP) is 0.803. The highest BCUT2D eigenvalue weighted by Gasteiger charge is 2.16. The molecule has 1 heterocycles. The number of nitrogens with two attached hydrogens (primary N) is 1. The number of sulfonamides is 1. The van der Waals surface area contributed by atoms with Crippen molar-refractivity contribution in [3.8, 4) is 0 Å². The topological polar surface area (TPSA) is 125 Å². The van der Waals surface area contributed by atoms with Crippen molar-refractivity contribution >= 4 is 21.5 Å². The van der Waals surface area contributed by atoms with Crippen molar-refractivity contribution in [2.24, 2.45) is 5.73 Å². The van der Waals surface area contributed by atoms with E-state index in [0.717, 1.165) is 5.56 Å². The SMILES string of the molecule is Cc1ccc(C(=N)N)cc1NS(=O)(=O)c1cn[nH]c1. The molecule has 0 spiro atoms. The molecule has 2 aromatic rings. The number of anilines is 1. The van der Waals surface area contributed by atoms with Gasteiger partial charge in [-0.25, -0.2) is 8.42 Å². The van der Waals surface area contributed by atoms with Crippen LogP contribution in [0.15, 0.2) is 35.5 Å². The number of hydrogen-bond acceptors (Lipinski definition) is 4. The zero-order valence-corrected chi connectivity index (χ0v) is 11.0. The first-order valence-corrected chi connectivity index (χ1v) is 6.85. The molecular formula is C11H13N5O2S. The van der Waals surface area contributed by atoms with Crippen LogP contribution in [0.5, 0.6) is 0 Å². The third kappa shape index (κ3) is 2.74. The second-order valence-corrected chi connectivity index (χ2v) is 5.67. The van der Waals surface area contributed by atoms with Crippen molar-refractivity contribution in [3.05, 3.63) is 41.7 Å². The van der Waals surface area contributed by atoms with Crippen LogP contribution in [0.2, 0.25) is 0 Å². The summed E-state index contributed by atoms with van der Waals surface area (Å²) in [5.74, 6) is -0.122. The third-order valence-electron chi connectivity index (χ3n) is 2.58. The van der Waals surface area contributed by atoms with Crippen LogP contribution in [0.25, 0.3) is 0 Å². The maximum atomic E-state index is 12.0. The lowest BCUT2D eigenvalue weighted by atomic mass is 10.1. The monoisotopic (exact) mass is 279 g/mol. The number of hydrogen-bond donors (Lipinski definition) is 4. The van der Waals surface area contributed by atoms with Crippen LogP contribution in [-0.2, 0) is 10.0 Å². The van der Waals surface area contributed by atoms with Gasteiger partial charge in [0.15, 0.2) is 0 Å². The van der Waals surface area contributed by atoms with E-state index in [1.54, 1.807) is 19.1 Å². The van der Waals surface area contributed by atoms with Gasteiger partial charge < -0.3 is 5.73 Å². The molecule has 0 unspecified atom stereocenters. The molecule has 5 N–H and O–H groups in total. The minimum Gasteiger partial charge on any atom is -0.384 e. The van der Waals surface area contributed by atoms with Crippen molar-refractivity contribution in [1.82, 2.24) is 10.2 Å². The molecule has 19 heavy (non-hydrogen) atoms. The molecule has 0 bridgehead atoms. The van der Waals surface area contributed by atoms with Gasteiger partial charge in [0.05, 0.1) is 11.9 Å². The van der Waals surface area contributed by atoms with Gasteiger partial charge in [0, 0.05) is 11.8 Å². The summed E-state index contributed by atoms with van der Waals surface area (Å²) in [6.07, 6.45) is 2.50. The number of nitrogens with one attached hydrogen (secondary N) is 3. The van der Waals surface area contributed by atoms with Crippen molar-refractivity contribution < 1.29 is 8.42 Å². The summed E-state index contributed by atoms with van der Waals surface area (Å²) in [6, 6.07) is 4.88. The van der Waals surface area contributed by atoms with E-state index in [1.165, 1.54) is 18.5 Å². The molecule has 7 nitrogen and oxygen atoms in total. The molecule has 0 radical (unpaired) electrons. The molecule has 1 aromatic heterocycles. The summed E-state index contributed by atoms with van der Waals surface area (Å²) in [6.45, 7) is 1.76. The fourth-order valence-corrected chi connectivity index (χ4v) is 2.52. The highest BCUT2D eigenvalue weighted by atomic mass is 32.2. The number of aryl methyl sites for hydroxylation is 1. The lowest BCUT2D eigenvalue weighted by Crippen LogP contribution is -2.15. The van der Waals surface area contributed by atoms with Gasteiger partial charge in [-0.3, -0.25) is 15.2 Å². The van der Waals surface area contributed by atoms with Gasteiger partial charge in [0.2, 0.25) is 0 Å². The second kappa shape index (κ2) is 4.73. The first-order valence-electron chi connectivity index (χ1n) is 5.37. The average molecular weight is 279 g/mol. The largest absolute Gasteiger partial charge is 0.384 e. The van der Waals surface area contributed by atoms with E-state index in [1.807, 2.05) is 0 Å². The molecule has 100 valence electrons. The molecule has 0 atom stereocenters. The molecule has 0 aliphatic heterocycles. The van der Waals surface area contributed by atoms with Gasteiger partial charge in [-0.2, -0.15) is 5.10 Å². The van der Waals surface area contributed by atoms with Gasteiger partial charge in [-0.05, 0) is 18.6 Å². The Hall–Kier alpha value is -2.35. The van der Waals surface area contributed by atoms with Gasteiger partial charge in [0.25, 0.3) is 10.0 Å². The molecule has 0 saturated heterocycles. The van der Waals surface area contributed by atoms with E-state index < -0.39 is 10.0 Å². The van der Waals surface area contributed by atoms with E-state index in [2.05, 4.69) is 14.9 Å². The fraction of sp³-hybridized carbons (Fsp3) is 0.0909. The highest BCUT2D eigenvalue weighted by molar-refractivity contribution is 7.92.